The quantitative estimate of drug-likeness (QED) is 0.855. The molecule has 0 bridgehead atoms. The molecule has 0 radical (unpaired) electrons. The number of likely N-dealkylation sites (tertiary alicyclic amines) is 1. The van der Waals surface area contributed by atoms with Gasteiger partial charge in [0.05, 0.1) is 13.3 Å². The summed E-state index contributed by atoms with van der Waals surface area (Å²) in [5.74, 6) is 2.42. The van der Waals surface area contributed by atoms with E-state index >= 15 is 0 Å². The lowest BCUT2D eigenvalue weighted by Crippen LogP contribution is -2.28. The van der Waals surface area contributed by atoms with E-state index in [0.717, 1.165) is 30.2 Å². The molecule has 108 valence electrons. The fourth-order valence-electron chi connectivity index (χ4n) is 2.87. The van der Waals surface area contributed by atoms with Gasteiger partial charge >= 0.3 is 0 Å². The van der Waals surface area contributed by atoms with Crippen LogP contribution in [-0.4, -0.2) is 45.7 Å². The lowest BCUT2D eigenvalue weighted by Gasteiger charge is -2.19. The van der Waals surface area contributed by atoms with Crippen LogP contribution in [0.25, 0.3) is 5.65 Å². The standard InChI is InChI=1S/C15H22N4O/c1-11(2)18-7-6-12(9-18)8-14-16-15-5-4-13(20-3)10-19(15)17-14/h4-5,10-12H,6-9H2,1-3H3. The highest BCUT2D eigenvalue weighted by Crippen LogP contribution is 2.22. The Morgan fingerprint density at radius 2 is 2.25 bits per heavy atom. The Labute approximate surface area is 119 Å². The van der Waals surface area contributed by atoms with Crippen molar-refractivity contribution in [3.05, 3.63) is 24.2 Å². The average molecular weight is 274 g/mol. The molecule has 1 aliphatic heterocycles. The van der Waals surface area contributed by atoms with Crippen molar-refractivity contribution in [3.8, 4) is 5.75 Å². The number of pyridine rings is 1. The van der Waals surface area contributed by atoms with E-state index in [2.05, 4.69) is 28.8 Å². The number of aromatic nitrogens is 3. The number of nitrogens with zero attached hydrogens (tertiary/aromatic N) is 4. The number of methoxy groups -OCH3 is 1. The van der Waals surface area contributed by atoms with E-state index < -0.39 is 0 Å². The Morgan fingerprint density at radius 1 is 1.40 bits per heavy atom. The number of fused-ring (bicyclic) bond motifs is 1. The molecule has 1 fully saturated rings. The summed E-state index contributed by atoms with van der Waals surface area (Å²) in [6, 6.07) is 4.51. The smallest absolute Gasteiger partial charge is 0.155 e. The van der Waals surface area contributed by atoms with Gasteiger partial charge in [0.15, 0.2) is 11.5 Å². The van der Waals surface area contributed by atoms with Crippen molar-refractivity contribution < 1.29 is 4.74 Å². The van der Waals surface area contributed by atoms with Crippen molar-refractivity contribution in [2.24, 2.45) is 5.92 Å². The maximum atomic E-state index is 5.21. The second-order valence-corrected chi connectivity index (χ2v) is 5.85. The zero-order valence-electron chi connectivity index (χ0n) is 12.4. The lowest BCUT2D eigenvalue weighted by molar-refractivity contribution is 0.264. The summed E-state index contributed by atoms with van der Waals surface area (Å²) in [4.78, 5) is 7.13. The van der Waals surface area contributed by atoms with Crippen LogP contribution in [0.4, 0.5) is 0 Å². The van der Waals surface area contributed by atoms with Crippen LogP contribution in [0, 0.1) is 5.92 Å². The van der Waals surface area contributed by atoms with E-state index in [1.165, 1.54) is 13.0 Å². The van der Waals surface area contributed by atoms with E-state index in [1.807, 2.05) is 22.8 Å². The molecule has 2 aromatic heterocycles. The van der Waals surface area contributed by atoms with Crippen LogP contribution in [0.3, 0.4) is 0 Å². The van der Waals surface area contributed by atoms with Crippen molar-refractivity contribution in [2.45, 2.75) is 32.7 Å². The Morgan fingerprint density at radius 3 is 2.95 bits per heavy atom. The molecule has 0 N–H and O–H groups in total. The van der Waals surface area contributed by atoms with E-state index in [-0.39, 0.29) is 0 Å². The predicted molar refractivity (Wildman–Crippen MR) is 78.1 cm³/mol. The van der Waals surface area contributed by atoms with Gasteiger partial charge in [-0.25, -0.2) is 9.50 Å². The molecule has 0 aromatic carbocycles. The topological polar surface area (TPSA) is 42.7 Å². The molecule has 1 unspecified atom stereocenters. The maximum Gasteiger partial charge on any atom is 0.155 e. The Hall–Kier alpha value is -1.62. The van der Waals surface area contributed by atoms with Crippen molar-refractivity contribution >= 4 is 5.65 Å². The molecular weight excluding hydrogens is 252 g/mol. The van der Waals surface area contributed by atoms with Gasteiger partial charge in [-0.1, -0.05) is 0 Å². The summed E-state index contributed by atoms with van der Waals surface area (Å²) in [5, 5.41) is 4.56. The first-order chi connectivity index (χ1) is 9.65. The van der Waals surface area contributed by atoms with Crippen LogP contribution in [0.5, 0.6) is 5.75 Å². The minimum atomic E-state index is 0.637. The van der Waals surface area contributed by atoms with E-state index in [4.69, 9.17) is 4.74 Å². The minimum absolute atomic E-state index is 0.637. The molecule has 0 spiro atoms. The van der Waals surface area contributed by atoms with E-state index in [1.54, 1.807) is 7.11 Å². The van der Waals surface area contributed by atoms with Crippen LogP contribution in [0.2, 0.25) is 0 Å². The summed E-state index contributed by atoms with van der Waals surface area (Å²) >= 11 is 0. The zero-order valence-corrected chi connectivity index (χ0v) is 12.4. The zero-order chi connectivity index (χ0) is 14.1. The fraction of sp³-hybridized carbons (Fsp3) is 0.600. The molecule has 0 saturated carbocycles. The van der Waals surface area contributed by atoms with Crippen LogP contribution < -0.4 is 4.74 Å². The molecule has 0 amide bonds. The number of ether oxygens (including phenoxy) is 1. The first kappa shape index (κ1) is 13.4. The molecule has 5 nitrogen and oxygen atoms in total. The first-order valence-corrected chi connectivity index (χ1v) is 7.29. The average Bonchev–Trinajstić information content (AvgIpc) is 3.04. The third-order valence-corrected chi connectivity index (χ3v) is 4.10. The minimum Gasteiger partial charge on any atom is -0.495 e. The third kappa shape index (κ3) is 2.63. The summed E-state index contributed by atoms with van der Waals surface area (Å²) in [6.45, 7) is 6.88. The Balaban J connectivity index is 1.72. The van der Waals surface area contributed by atoms with Gasteiger partial charge in [-0.15, -0.1) is 0 Å². The summed E-state index contributed by atoms with van der Waals surface area (Å²) < 4.78 is 7.02. The van der Waals surface area contributed by atoms with Gasteiger partial charge in [0, 0.05) is 19.0 Å². The van der Waals surface area contributed by atoms with Gasteiger partial charge < -0.3 is 9.64 Å². The van der Waals surface area contributed by atoms with Gasteiger partial charge in [0.2, 0.25) is 0 Å². The fourth-order valence-corrected chi connectivity index (χ4v) is 2.87. The first-order valence-electron chi connectivity index (χ1n) is 7.29. The highest BCUT2D eigenvalue weighted by atomic mass is 16.5. The van der Waals surface area contributed by atoms with E-state index in [0.29, 0.717) is 12.0 Å². The van der Waals surface area contributed by atoms with Gasteiger partial charge in [-0.05, 0) is 44.9 Å². The highest BCUT2D eigenvalue weighted by molar-refractivity contribution is 5.40. The number of hydrogen-bond donors (Lipinski definition) is 0. The molecule has 1 saturated heterocycles. The maximum absolute atomic E-state index is 5.21. The van der Waals surface area contributed by atoms with Gasteiger partial charge in [0.25, 0.3) is 0 Å². The van der Waals surface area contributed by atoms with Gasteiger partial charge in [-0.3, -0.25) is 0 Å². The summed E-state index contributed by atoms with van der Waals surface area (Å²) in [6.07, 6.45) is 4.09. The van der Waals surface area contributed by atoms with Crippen LogP contribution >= 0.6 is 0 Å². The molecule has 20 heavy (non-hydrogen) atoms. The molecule has 0 aliphatic carbocycles. The highest BCUT2D eigenvalue weighted by Gasteiger charge is 2.25. The molecular formula is C15H22N4O. The van der Waals surface area contributed by atoms with Crippen molar-refractivity contribution in [2.75, 3.05) is 20.2 Å². The van der Waals surface area contributed by atoms with E-state index in [9.17, 15) is 0 Å². The van der Waals surface area contributed by atoms with Crippen molar-refractivity contribution in [1.82, 2.24) is 19.5 Å². The van der Waals surface area contributed by atoms with Crippen LogP contribution in [0.15, 0.2) is 18.3 Å². The lowest BCUT2D eigenvalue weighted by atomic mass is 10.1. The SMILES string of the molecule is COc1ccc2nc(CC3CCN(C(C)C)C3)nn2c1. The molecule has 1 aliphatic rings. The normalized spacial score (nSPS) is 20.1. The Bertz CT molecular complexity index is 593. The van der Waals surface area contributed by atoms with Crippen molar-refractivity contribution in [3.63, 3.8) is 0 Å². The predicted octanol–water partition coefficient (Wildman–Crippen LogP) is 2.01. The monoisotopic (exact) mass is 274 g/mol. The van der Waals surface area contributed by atoms with Gasteiger partial charge in [-0.2, -0.15) is 5.10 Å². The third-order valence-electron chi connectivity index (χ3n) is 4.10. The second-order valence-electron chi connectivity index (χ2n) is 5.85. The van der Waals surface area contributed by atoms with Crippen LogP contribution in [0.1, 0.15) is 26.1 Å². The number of hydrogen-bond acceptors (Lipinski definition) is 4. The molecule has 3 rings (SSSR count). The van der Waals surface area contributed by atoms with Crippen molar-refractivity contribution in [1.29, 1.82) is 0 Å². The summed E-state index contributed by atoms with van der Waals surface area (Å²) in [5.41, 5.74) is 0.888. The van der Waals surface area contributed by atoms with Gasteiger partial charge in [0.1, 0.15) is 5.75 Å². The van der Waals surface area contributed by atoms with Crippen LogP contribution in [-0.2, 0) is 6.42 Å². The molecule has 5 heteroatoms. The Kier molecular flexibility index (Phi) is 3.61. The molecule has 3 heterocycles. The summed E-state index contributed by atoms with van der Waals surface area (Å²) in [7, 11) is 1.66. The largest absolute Gasteiger partial charge is 0.495 e. The number of rotatable bonds is 4. The molecule has 2 aromatic rings. The molecule has 1 atom stereocenters. The second kappa shape index (κ2) is 5.40.